The van der Waals surface area contributed by atoms with E-state index in [-0.39, 0.29) is 0 Å². The fourth-order valence-electron chi connectivity index (χ4n) is 4.28. The van der Waals surface area contributed by atoms with Gasteiger partial charge in [-0.25, -0.2) is 9.97 Å². The highest BCUT2D eigenvalue weighted by molar-refractivity contribution is 7.09. The largest absolute Gasteiger partial charge is 0.328 e. The van der Waals surface area contributed by atoms with E-state index < -0.39 is 0 Å². The molecule has 0 aromatic carbocycles. The maximum absolute atomic E-state index is 5.12. The molecule has 5 heterocycles. The number of pyridine rings is 2. The van der Waals surface area contributed by atoms with Crippen LogP contribution in [0.15, 0.2) is 48.5 Å². The first-order chi connectivity index (χ1) is 14.7. The van der Waals surface area contributed by atoms with E-state index in [9.17, 15) is 0 Å². The van der Waals surface area contributed by atoms with Gasteiger partial charge in [-0.2, -0.15) is 0 Å². The average Bonchev–Trinajstić information content (AvgIpc) is 3.44. The Morgan fingerprint density at radius 1 is 1.17 bits per heavy atom. The minimum atomic E-state index is 0.354. The van der Waals surface area contributed by atoms with Gasteiger partial charge in [0.1, 0.15) is 10.5 Å². The third-order valence-electron chi connectivity index (χ3n) is 5.92. The normalized spacial score (nSPS) is 16.0. The summed E-state index contributed by atoms with van der Waals surface area (Å²) < 4.78 is 2.25. The lowest BCUT2D eigenvalue weighted by molar-refractivity contribution is 0.203. The van der Waals surface area contributed by atoms with Gasteiger partial charge >= 0.3 is 0 Å². The number of likely N-dealkylation sites (tertiary alicyclic amines) is 1. The summed E-state index contributed by atoms with van der Waals surface area (Å²) in [6, 6.07) is 6.66. The van der Waals surface area contributed by atoms with E-state index in [0.717, 1.165) is 49.2 Å². The van der Waals surface area contributed by atoms with Gasteiger partial charge in [-0.05, 0) is 58.0 Å². The van der Waals surface area contributed by atoms with Crippen molar-refractivity contribution >= 4 is 22.4 Å². The van der Waals surface area contributed by atoms with E-state index in [2.05, 4.69) is 50.8 Å². The molecular formula is C23H26N6S. The lowest BCUT2D eigenvalue weighted by Crippen LogP contribution is -2.32. The number of piperidine rings is 1. The third-order valence-corrected chi connectivity index (χ3v) is 6.69. The Morgan fingerprint density at radius 2 is 2.03 bits per heavy atom. The lowest BCUT2D eigenvalue weighted by Gasteiger charge is -2.31. The number of thiazole rings is 1. The summed E-state index contributed by atoms with van der Waals surface area (Å²) in [6.07, 6.45) is 9.76. The second-order valence-electron chi connectivity index (χ2n) is 8.23. The minimum absolute atomic E-state index is 0.354. The molecule has 0 saturated carbocycles. The number of imidazole rings is 1. The van der Waals surface area contributed by atoms with E-state index >= 15 is 0 Å². The summed E-state index contributed by atoms with van der Waals surface area (Å²) in [5, 5.41) is 3.26. The molecule has 5 rings (SSSR count). The molecule has 1 fully saturated rings. The molecule has 0 bridgehead atoms. The van der Waals surface area contributed by atoms with Crippen molar-refractivity contribution in [3.63, 3.8) is 0 Å². The maximum Gasteiger partial charge on any atom is 0.115 e. The van der Waals surface area contributed by atoms with Crippen molar-refractivity contribution in [1.29, 1.82) is 0 Å². The quantitative estimate of drug-likeness (QED) is 0.461. The number of fused-ring (bicyclic) bond motifs is 1. The topological polar surface area (TPSA) is 59.7 Å². The SMILES string of the molecule is CC(C)n1cnc2c(-c3cccnc3)nc(C3CCN(Cc4nccs4)CC3)cc21. The number of rotatable bonds is 5. The average molecular weight is 419 g/mol. The molecule has 6 nitrogen and oxygen atoms in total. The maximum atomic E-state index is 5.12. The van der Waals surface area contributed by atoms with Crippen molar-refractivity contribution < 1.29 is 0 Å². The van der Waals surface area contributed by atoms with Crippen LogP contribution in [0.25, 0.3) is 22.3 Å². The van der Waals surface area contributed by atoms with E-state index in [4.69, 9.17) is 9.97 Å². The summed E-state index contributed by atoms with van der Waals surface area (Å²) in [6.45, 7) is 7.51. The van der Waals surface area contributed by atoms with Gasteiger partial charge in [0.2, 0.25) is 0 Å². The molecule has 0 aliphatic carbocycles. The Kier molecular flexibility index (Phi) is 5.31. The predicted molar refractivity (Wildman–Crippen MR) is 121 cm³/mol. The molecule has 4 aromatic rings. The molecule has 1 aliphatic rings. The van der Waals surface area contributed by atoms with E-state index in [0.29, 0.717) is 12.0 Å². The lowest BCUT2D eigenvalue weighted by atomic mass is 9.92. The summed E-state index contributed by atoms with van der Waals surface area (Å²) in [5.74, 6) is 0.466. The Bertz CT molecular complexity index is 1110. The van der Waals surface area contributed by atoms with Gasteiger partial charge in [-0.15, -0.1) is 11.3 Å². The van der Waals surface area contributed by atoms with E-state index in [1.165, 1.54) is 16.2 Å². The monoisotopic (exact) mass is 418 g/mol. The molecule has 1 saturated heterocycles. The van der Waals surface area contributed by atoms with Crippen molar-refractivity contribution in [2.24, 2.45) is 0 Å². The van der Waals surface area contributed by atoms with Crippen molar-refractivity contribution in [2.75, 3.05) is 13.1 Å². The molecule has 0 radical (unpaired) electrons. The van der Waals surface area contributed by atoms with Gasteiger partial charge < -0.3 is 4.57 Å². The highest BCUT2D eigenvalue weighted by Gasteiger charge is 2.24. The zero-order chi connectivity index (χ0) is 20.5. The highest BCUT2D eigenvalue weighted by atomic mass is 32.1. The molecule has 1 aliphatic heterocycles. The van der Waals surface area contributed by atoms with Crippen LogP contribution in [0, 0.1) is 0 Å². The van der Waals surface area contributed by atoms with Gasteiger partial charge in [0.15, 0.2) is 0 Å². The number of aromatic nitrogens is 5. The van der Waals surface area contributed by atoms with Crippen LogP contribution < -0.4 is 0 Å². The fourth-order valence-corrected chi connectivity index (χ4v) is 4.94. The van der Waals surface area contributed by atoms with Crippen LogP contribution in [0.3, 0.4) is 0 Å². The van der Waals surface area contributed by atoms with Crippen LogP contribution >= 0.6 is 11.3 Å². The van der Waals surface area contributed by atoms with Crippen molar-refractivity contribution in [3.05, 3.63) is 59.2 Å². The molecule has 0 N–H and O–H groups in total. The zero-order valence-electron chi connectivity index (χ0n) is 17.4. The molecule has 4 aromatic heterocycles. The molecule has 154 valence electrons. The van der Waals surface area contributed by atoms with Crippen molar-refractivity contribution in [3.8, 4) is 11.3 Å². The Balaban J connectivity index is 1.46. The summed E-state index contributed by atoms with van der Waals surface area (Å²) >= 11 is 1.74. The fraction of sp³-hybridized carbons (Fsp3) is 0.391. The Morgan fingerprint density at radius 3 is 2.73 bits per heavy atom. The zero-order valence-corrected chi connectivity index (χ0v) is 18.2. The minimum Gasteiger partial charge on any atom is -0.328 e. The summed E-state index contributed by atoms with van der Waals surface area (Å²) in [7, 11) is 0. The molecule has 0 atom stereocenters. The number of hydrogen-bond acceptors (Lipinski definition) is 6. The van der Waals surface area contributed by atoms with Gasteiger partial charge in [0.05, 0.1) is 24.1 Å². The van der Waals surface area contributed by atoms with Crippen LogP contribution in [-0.4, -0.2) is 42.5 Å². The van der Waals surface area contributed by atoms with Crippen molar-refractivity contribution in [1.82, 2.24) is 29.4 Å². The van der Waals surface area contributed by atoms with E-state index in [1.54, 1.807) is 17.5 Å². The summed E-state index contributed by atoms with van der Waals surface area (Å²) in [5.41, 5.74) is 5.28. The van der Waals surface area contributed by atoms with Crippen LogP contribution in [-0.2, 0) is 6.54 Å². The van der Waals surface area contributed by atoms with E-state index in [1.807, 2.05) is 24.8 Å². The van der Waals surface area contributed by atoms with Gasteiger partial charge in [-0.3, -0.25) is 14.9 Å². The second kappa shape index (κ2) is 8.24. The van der Waals surface area contributed by atoms with Crippen LogP contribution in [0.1, 0.15) is 49.4 Å². The van der Waals surface area contributed by atoms with Gasteiger partial charge in [0.25, 0.3) is 0 Å². The molecule has 7 heteroatoms. The first-order valence-electron chi connectivity index (χ1n) is 10.6. The second-order valence-corrected chi connectivity index (χ2v) is 9.21. The predicted octanol–water partition coefficient (Wildman–Crippen LogP) is 4.91. The Hall–Kier alpha value is -2.64. The smallest absolute Gasteiger partial charge is 0.115 e. The molecule has 0 amide bonds. The van der Waals surface area contributed by atoms with Crippen LogP contribution in [0.4, 0.5) is 0 Å². The molecule has 0 unspecified atom stereocenters. The number of nitrogens with zero attached hydrogens (tertiary/aromatic N) is 6. The molecule has 0 spiro atoms. The number of hydrogen-bond donors (Lipinski definition) is 0. The van der Waals surface area contributed by atoms with Crippen LogP contribution in [0.5, 0.6) is 0 Å². The van der Waals surface area contributed by atoms with Crippen LogP contribution in [0.2, 0.25) is 0 Å². The standard InChI is InChI=1S/C23H26N6S/c1-16(2)29-15-26-23-20(29)12-19(27-22(23)18-4-3-7-24-13-18)17-5-9-28(10-6-17)14-21-25-8-11-30-21/h3-4,7-8,11-13,15-17H,5-6,9-10,14H2,1-2H3. The van der Waals surface area contributed by atoms with Crippen molar-refractivity contribution in [2.45, 2.75) is 45.2 Å². The first kappa shape index (κ1) is 19.3. The summed E-state index contributed by atoms with van der Waals surface area (Å²) in [4.78, 5) is 21.1. The van der Waals surface area contributed by atoms with Gasteiger partial charge in [-0.1, -0.05) is 0 Å². The highest BCUT2D eigenvalue weighted by Crippen LogP contribution is 2.34. The van der Waals surface area contributed by atoms with Gasteiger partial charge in [0, 0.05) is 47.2 Å². The first-order valence-corrected chi connectivity index (χ1v) is 11.5. The molecular weight excluding hydrogens is 392 g/mol. The third kappa shape index (κ3) is 3.75. The molecule has 30 heavy (non-hydrogen) atoms. The Labute approximate surface area is 180 Å².